The minimum atomic E-state index is -0.653. The van der Waals surface area contributed by atoms with Crippen molar-refractivity contribution >= 4 is 11.8 Å². The molecular formula is C21H24N2O6. The molecule has 0 saturated heterocycles. The summed E-state index contributed by atoms with van der Waals surface area (Å²) in [6.45, 7) is 0.759. The number of methoxy groups -OCH3 is 3. The summed E-state index contributed by atoms with van der Waals surface area (Å²) in [7, 11) is 4.63. The summed E-state index contributed by atoms with van der Waals surface area (Å²) in [5.74, 6) is 0.946. The van der Waals surface area contributed by atoms with Crippen LogP contribution in [-0.4, -0.2) is 51.2 Å². The minimum Gasteiger partial charge on any atom is -0.493 e. The van der Waals surface area contributed by atoms with Crippen LogP contribution >= 0.6 is 0 Å². The first kappa shape index (κ1) is 20.3. The summed E-state index contributed by atoms with van der Waals surface area (Å²) in [6.07, 6.45) is 0.697. The molecule has 0 bridgehead atoms. The molecule has 8 heteroatoms. The van der Waals surface area contributed by atoms with Crippen LogP contribution < -0.4 is 24.7 Å². The Hall–Kier alpha value is -3.42. The molecule has 8 nitrogen and oxygen atoms in total. The van der Waals surface area contributed by atoms with Gasteiger partial charge in [0.05, 0.1) is 26.9 Å². The van der Waals surface area contributed by atoms with E-state index in [0.29, 0.717) is 36.8 Å². The smallest absolute Gasteiger partial charge is 0.260 e. The van der Waals surface area contributed by atoms with Gasteiger partial charge in [-0.15, -0.1) is 0 Å². The molecule has 0 spiro atoms. The van der Waals surface area contributed by atoms with Crippen molar-refractivity contribution in [2.75, 3.05) is 34.5 Å². The van der Waals surface area contributed by atoms with Crippen LogP contribution in [-0.2, 0) is 17.8 Å². The molecule has 0 fully saturated rings. The molecule has 0 atom stereocenters. The molecular weight excluding hydrogens is 376 g/mol. The number of nitrogens with zero attached hydrogens (tertiary/aromatic N) is 1. The van der Waals surface area contributed by atoms with Crippen molar-refractivity contribution in [2.24, 2.45) is 5.73 Å². The van der Waals surface area contributed by atoms with Crippen LogP contribution in [0.4, 0.5) is 0 Å². The number of fused-ring (bicyclic) bond motifs is 1. The van der Waals surface area contributed by atoms with Gasteiger partial charge in [-0.1, -0.05) is 6.07 Å². The fraction of sp³-hybridized carbons (Fsp3) is 0.333. The average Bonchev–Trinajstić information content (AvgIpc) is 2.75. The molecule has 2 amide bonds. The van der Waals surface area contributed by atoms with Gasteiger partial charge in [0.25, 0.3) is 11.8 Å². The first-order valence-corrected chi connectivity index (χ1v) is 9.09. The van der Waals surface area contributed by atoms with Crippen molar-refractivity contribution in [1.29, 1.82) is 0 Å². The SMILES string of the molecule is COc1cc2c(cc1OC)CN(C(=O)COc1c(OC)cccc1C(N)=O)CC2. The van der Waals surface area contributed by atoms with Gasteiger partial charge in [-0.25, -0.2) is 0 Å². The number of hydrogen-bond donors (Lipinski definition) is 1. The number of rotatable bonds is 7. The summed E-state index contributed by atoms with van der Waals surface area (Å²) < 4.78 is 21.6. The number of nitrogens with two attached hydrogens (primary N) is 1. The van der Waals surface area contributed by atoms with E-state index < -0.39 is 5.91 Å². The van der Waals surface area contributed by atoms with Gasteiger partial charge in [0.15, 0.2) is 29.6 Å². The summed E-state index contributed by atoms with van der Waals surface area (Å²) in [5.41, 5.74) is 7.68. The van der Waals surface area contributed by atoms with E-state index in [2.05, 4.69) is 0 Å². The predicted octanol–water partition coefficient (Wildman–Crippen LogP) is 1.77. The summed E-state index contributed by atoms with van der Waals surface area (Å²) in [5, 5.41) is 0. The molecule has 1 aliphatic heterocycles. The summed E-state index contributed by atoms with van der Waals surface area (Å²) in [6, 6.07) is 8.64. The number of amides is 2. The number of benzene rings is 2. The van der Waals surface area contributed by atoms with Crippen LogP contribution in [0, 0.1) is 0 Å². The monoisotopic (exact) mass is 400 g/mol. The Morgan fingerprint density at radius 3 is 2.28 bits per heavy atom. The van der Waals surface area contributed by atoms with Gasteiger partial charge in [0.2, 0.25) is 0 Å². The van der Waals surface area contributed by atoms with Crippen LogP contribution in [0.3, 0.4) is 0 Å². The molecule has 154 valence electrons. The fourth-order valence-electron chi connectivity index (χ4n) is 3.34. The molecule has 3 rings (SSSR count). The highest BCUT2D eigenvalue weighted by molar-refractivity contribution is 5.96. The van der Waals surface area contributed by atoms with Crippen molar-refractivity contribution in [3.05, 3.63) is 47.0 Å². The minimum absolute atomic E-state index is 0.165. The largest absolute Gasteiger partial charge is 0.493 e. The molecule has 0 aromatic heterocycles. The van der Waals surface area contributed by atoms with Crippen LogP contribution in [0.15, 0.2) is 30.3 Å². The van der Waals surface area contributed by atoms with Gasteiger partial charge in [0, 0.05) is 13.1 Å². The first-order valence-electron chi connectivity index (χ1n) is 9.09. The van der Waals surface area contributed by atoms with E-state index in [4.69, 9.17) is 24.7 Å². The van der Waals surface area contributed by atoms with E-state index in [1.807, 2.05) is 12.1 Å². The number of ether oxygens (including phenoxy) is 4. The molecule has 1 heterocycles. The average molecular weight is 400 g/mol. The van der Waals surface area contributed by atoms with Gasteiger partial charge >= 0.3 is 0 Å². The number of para-hydroxylation sites is 1. The standard InChI is InChI=1S/C21H24N2O6/c1-26-16-6-4-5-15(21(22)25)20(16)29-12-19(24)23-8-7-13-9-17(27-2)18(28-3)10-14(13)11-23/h4-6,9-10H,7-8,11-12H2,1-3H3,(H2,22,25). The molecule has 1 aliphatic rings. The molecule has 2 aromatic carbocycles. The number of carbonyl (C=O) groups excluding carboxylic acids is 2. The van der Waals surface area contributed by atoms with Crippen molar-refractivity contribution in [1.82, 2.24) is 4.90 Å². The molecule has 0 radical (unpaired) electrons. The van der Waals surface area contributed by atoms with Gasteiger partial charge < -0.3 is 29.6 Å². The van der Waals surface area contributed by atoms with Gasteiger partial charge in [-0.3, -0.25) is 9.59 Å². The highest BCUT2D eigenvalue weighted by atomic mass is 16.5. The van der Waals surface area contributed by atoms with Crippen LogP contribution in [0.1, 0.15) is 21.5 Å². The second-order valence-corrected chi connectivity index (χ2v) is 6.53. The fourth-order valence-corrected chi connectivity index (χ4v) is 3.34. The van der Waals surface area contributed by atoms with E-state index >= 15 is 0 Å². The van der Waals surface area contributed by atoms with Gasteiger partial charge in [-0.2, -0.15) is 0 Å². The third kappa shape index (κ3) is 4.21. The molecule has 0 aliphatic carbocycles. The topological polar surface area (TPSA) is 100 Å². The molecule has 0 saturated carbocycles. The van der Waals surface area contributed by atoms with Crippen molar-refractivity contribution in [2.45, 2.75) is 13.0 Å². The zero-order valence-corrected chi connectivity index (χ0v) is 16.7. The normalized spacial score (nSPS) is 12.7. The van der Waals surface area contributed by atoms with E-state index in [1.165, 1.54) is 13.2 Å². The number of hydrogen-bond acceptors (Lipinski definition) is 6. The van der Waals surface area contributed by atoms with E-state index in [-0.39, 0.29) is 23.8 Å². The lowest BCUT2D eigenvalue weighted by Gasteiger charge is -2.29. The summed E-state index contributed by atoms with van der Waals surface area (Å²) in [4.78, 5) is 26.1. The summed E-state index contributed by atoms with van der Waals surface area (Å²) >= 11 is 0. The zero-order valence-electron chi connectivity index (χ0n) is 16.7. The van der Waals surface area contributed by atoms with E-state index in [0.717, 1.165) is 11.1 Å². The second-order valence-electron chi connectivity index (χ2n) is 6.53. The highest BCUT2D eigenvalue weighted by Crippen LogP contribution is 2.34. The maximum Gasteiger partial charge on any atom is 0.260 e. The molecule has 2 aromatic rings. The van der Waals surface area contributed by atoms with E-state index in [9.17, 15) is 9.59 Å². The lowest BCUT2D eigenvalue weighted by molar-refractivity contribution is -0.134. The van der Waals surface area contributed by atoms with E-state index in [1.54, 1.807) is 31.3 Å². The van der Waals surface area contributed by atoms with Crippen molar-refractivity contribution in [3.63, 3.8) is 0 Å². The molecule has 29 heavy (non-hydrogen) atoms. The lowest BCUT2D eigenvalue weighted by atomic mass is 9.99. The Morgan fingerprint density at radius 2 is 1.66 bits per heavy atom. The Morgan fingerprint density at radius 1 is 1.00 bits per heavy atom. The number of primary amides is 1. The van der Waals surface area contributed by atoms with Crippen LogP contribution in [0.2, 0.25) is 0 Å². The highest BCUT2D eigenvalue weighted by Gasteiger charge is 2.24. The second kappa shape index (κ2) is 8.72. The zero-order chi connectivity index (χ0) is 21.0. The predicted molar refractivity (Wildman–Crippen MR) is 106 cm³/mol. The molecule has 0 unspecified atom stereocenters. The van der Waals surface area contributed by atoms with Crippen molar-refractivity contribution in [3.8, 4) is 23.0 Å². The third-order valence-corrected chi connectivity index (χ3v) is 4.88. The first-order chi connectivity index (χ1) is 14.0. The maximum atomic E-state index is 12.7. The van der Waals surface area contributed by atoms with Crippen LogP contribution in [0.25, 0.3) is 0 Å². The number of carbonyl (C=O) groups is 2. The quantitative estimate of drug-likeness (QED) is 0.760. The Labute approximate surface area is 169 Å². The Kier molecular flexibility index (Phi) is 6.11. The maximum absolute atomic E-state index is 12.7. The Balaban J connectivity index is 1.73. The molecule has 2 N–H and O–H groups in total. The van der Waals surface area contributed by atoms with Crippen molar-refractivity contribution < 1.29 is 28.5 Å². The van der Waals surface area contributed by atoms with Gasteiger partial charge in [0.1, 0.15) is 0 Å². The van der Waals surface area contributed by atoms with Crippen LogP contribution in [0.5, 0.6) is 23.0 Å². The van der Waals surface area contributed by atoms with Gasteiger partial charge in [-0.05, 0) is 41.8 Å². The Bertz CT molecular complexity index is 928. The third-order valence-electron chi connectivity index (χ3n) is 4.88. The lowest BCUT2D eigenvalue weighted by Crippen LogP contribution is -2.39.